The van der Waals surface area contributed by atoms with E-state index in [0.717, 1.165) is 16.4 Å². The lowest BCUT2D eigenvalue weighted by atomic mass is 10.1. The Kier molecular flexibility index (Phi) is 4.38. The van der Waals surface area contributed by atoms with Crippen molar-refractivity contribution < 1.29 is 4.79 Å². The topological polar surface area (TPSA) is 73.9 Å². The van der Waals surface area contributed by atoms with E-state index in [-0.39, 0.29) is 5.91 Å². The monoisotopic (exact) mass is 327 g/mol. The van der Waals surface area contributed by atoms with Crippen molar-refractivity contribution in [3.63, 3.8) is 0 Å². The van der Waals surface area contributed by atoms with E-state index < -0.39 is 0 Å². The Hall–Kier alpha value is -2.67. The molecule has 0 atom stereocenters. The summed E-state index contributed by atoms with van der Waals surface area (Å²) in [5.41, 5.74) is 1.41. The minimum Gasteiger partial charge on any atom is -0.377 e. The van der Waals surface area contributed by atoms with E-state index in [1.807, 2.05) is 41.8 Å². The van der Waals surface area contributed by atoms with Gasteiger partial charge < -0.3 is 10.2 Å². The van der Waals surface area contributed by atoms with Gasteiger partial charge in [-0.1, -0.05) is 18.2 Å². The molecule has 1 aromatic carbocycles. The first-order valence-electron chi connectivity index (χ1n) is 7.15. The van der Waals surface area contributed by atoms with Crippen molar-refractivity contribution in [1.29, 1.82) is 0 Å². The highest BCUT2D eigenvalue weighted by molar-refractivity contribution is 7.13. The van der Waals surface area contributed by atoms with Crippen LogP contribution in [0.5, 0.6) is 0 Å². The molecule has 0 unspecified atom stereocenters. The molecule has 1 amide bonds. The highest BCUT2D eigenvalue weighted by Crippen LogP contribution is 2.21. The van der Waals surface area contributed by atoms with Crippen LogP contribution in [0.2, 0.25) is 0 Å². The number of hydrogen-bond acceptors (Lipinski definition) is 5. The van der Waals surface area contributed by atoms with Gasteiger partial charge >= 0.3 is 0 Å². The second-order valence-electron chi connectivity index (χ2n) is 5.18. The molecule has 3 rings (SSSR count). The number of benzene rings is 1. The van der Waals surface area contributed by atoms with Crippen LogP contribution in [0.15, 0.2) is 41.8 Å². The van der Waals surface area contributed by atoms with Crippen molar-refractivity contribution in [3.8, 4) is 10.7 Å². The molecule has 0 saturated carbocycles. The molecule has 0 aliphatic heterocycles. The average Bonchev–Trinajstić information content (AvgIpc) is 3.23. The molecule has 0 radical (unpaired) electrons. The molecule has 6 nitrogen and oxygen atoms in total. The number of para-hydroxylation sites is 1. The lowest BCUT2D eigenvalue weighted by molar-refractivity contribution is 0.0828. The van der Waals surface area contributed by atoms with Crippen molar-refractivity contribution in [3.05, 3.63) is 53.2 Å². The number of aromatic amines is 1. The molecule has 2 N–H and O–H groups in total. The number of anilines is 1. The van der Waals surface area contributed by atoms with E-state index in [2.05, 4.69) is 20.5 Å². The number of aromatic nitrogens is 3. The third-order valence-corrected chi connectivity index (χ3v) is 4.15. The summed E-state index contributed by atoms with van der Waals surface area (Å²) in [6.45, 7) is 0.468. The predicted molar refractivity (Wildman–Crippen MR) is 91.5 cm³/mol. The first-order valence-corrected chi connectivity index (χ1v) is 8.03. The molecule has 0 spiro atoms. The van der Waals surface area contributed by atoms with E-state index in [1.165, 1.54) is 0 Å². The molecule has 118 valence electrons. The van der Waals surface area contributed by atoms with Gasteiger partial charge in [0.05, 0.1) is 17.0 Å². The van der Waals surface area contributed by atoms with Gasteiger partial charge in [0.2, 0.25) is 0 Å². The predicted octanol–water partition coefficient (Wildman–Crippen LogP) is 2.85. The molecule has 7 heteroatoms. The maximum absolute atomic E-state index is 12.2. The lowest BCUT2D eigenvalue weighted by Crippen LogP contribution is -2.23. The number of hydrogen-bond donors (Lipinski definition) is 2. The number of nitrogens with zero attached hydrogens (tertiary/aromatic N) is 3. The number of H-pyrrole nitrogens is 1. The summed E-state index contributed by atoms with van der Waals surface area (Å²) in [5, 5.41) is 12.4. The Balaban J connectivity index is 1.73. The number of thiophene rings is 1. The maximum Gasteiger partial charge on any atom is 0.255 e. The van der Waals surface area contributed by atoms with Crippen molar-refractivity contribution >= 4 is 22.9 Å². The normalized spacial score (nSPS) is 10.5. The van der Waals surface area contributed by atoms with Crippen LogP contribution in [0.1, 0.15) is 16.2 Å². The van der Waals surface area contributed by atoms with E-state index in [9.17, 15) is 4.79 Å². The molecule has 0 bridgehead atoms. The Morgan fingerprint density at radius 3 is 2.83 bits per heavy atom. The second-order valence-corrected chi connectivity index (χ2v) is 6.13. The number of carbonyl (C=O) groups excluding carboxylic acids is 1. The summed E-state index contributed by atoms with van der Waals surface area (Å²) in [5.74, 6) is 1.37. The van der Waals surface area contributed by atoms with Crippen LogP contribution in [0.25, 0.3) is 10.7 Å². The Morgan fingerprint density at radius 1 is 1.26 bits per heavy atom. The largest absolute Gasteiger partial charge is 0.377 e. The van der Waals surface area contributed by atoms with Crippen LogP contribution in [0, 0.1) is 0 Å². The minimum absolute atomic E-state index is 0.0371. The molecule has 2 heterocycles. The van der Waals surface area contributed by atoms with Gasteiger partial charge in [-0.2, -0.15) is 5.10 Å². The van der Waals surface area contributed by atoms with Crippen LogP contribution in [0.3, 0.4) is 0 Å². The van der Waals surface area contributed by atoms with Crippen LogP contribution in [-0.2, 0) is 6.54 Å². The van der Waals surface area contributed by atoms with Crippen LogP contribution in [0.4, 0.5) is 5.69 Å². The van der Waals surface area contributed by atoms with Gasteiger partial charge in [-0.3, -0.25) is 9.89 Å². The molecule has 23 heavy (non-hydrogen) atoms. The molecule has 0 fully saturated rings. The Morgan fingerprint density at radius 2 is 2.09 bits per heavy atom. The maximum atomic E-state index is 12.2. The number of nitrogens with one attached hydrogen (secondary N) is 2. The summed E-state index contributed by atoms with van der Waals surface area (Å²) >= 11 is 1.60. The molecule has 0 saturated heterocycles. The molecular formula is C16H17N5OS. The summed E-state index contributed by atoms with van der Waals surface area (Å²) < 4.78 is 0. The average molecular weight is 327 g/mol. The van der Waals surface area contributed by atoms with E-state index in [0.29, 0.717) is 17.9 Å². The van der Waals surface area contributed by atoms with E-state index in [1.54, 1.807) is 30.3 Å². The van der Waals surface area contributed by atoms with Crippen molar-refractivity contribution in [2.24, 2.45) is 0 Å². The molecular weight excluding hydrogens is 310 g/mol. The van der Waals surface area contributed by atoms with Gasteiger partial charge in [0, 0.05) is 19.8 Å². The van der Waals surface area contributed by atoms with Crippen LogP contribution in [-0.4, -0.2) is 40.1 Å². The van der Waals surface area contributed by atoms with Gasteiger partial charge in [0.25, 0.3) is 5.91 Å². The zero-order valence-corrected chi connectivity index (χ0v) is 13.7. The summed E-state index contributed by atoms with van der Waals surface area (Å²) in [4.78, 5) is 19.2. The Bertz CT molecular complexity index is 794. The smallest absolute Gasteiger partial charge is 0.255 e. The van der Waals surface area contributed by atoms with Gasteiger partial charge in [0.15, 0.2) is 5.82 Å². The third kappa shape index (κ3) is 3.40. The third-order valence-electron chi connectivity index (χ3n) is 3.28. The fourth-order valence-corrected chi connectivity index (χ4v) is 2.79. The fourth-order valence-electron chi connectivity index (χ4n) is 2.13. The summed E-state index contributed by atoms with van der Waals surface area (Å²) in [6.07, 6.45) is 0. The fraction of sp³-hybridized carbons (Fsp3) is 0.188. The summed E-state index contributed by atoms with van der Waals surface area (Å²) in [7, 11) is 3.48. The van der Waals surface area contributed by atoms with Crippen molar-refractivity contribution in [1.82, 2.24) is 20.1 Å². The number of carbonyl (C=O) groups is 1. The Labute approximate surface area is 138 Å². The van der Waals surface area contributed by atoms with E-state index in [4.69, 9.17) is 0 Å². The number of amides is 1. The summed E-state index contributed by atoms with van der Waals surface area (Å²) in [6, 6.07) is 11.4. The molecule has 0 aliphatic rings. The molecule has 2 aromatic heterocycles. The highest BCUT2D eigenvalue weighted by Gasteiger charge is 2.13. The standard InChI is InChI=1S/C16H17N5OS/c1-21(2)16(22)11-6-3-4-7-12(11)17-10-14-18-15(20-19-14)13-8-5-9-23-13/h3-9,17H,10H2,1-2H3,(H,18,19,20). The zero-order valence-electron chi connectivity index (χ0n) is 12.9. The SMILES string of the molecule is CN(C)C(=O)c1ccccc1NCc1nc(-c2cccs2)n[nH]1. The van der Waals surface area contributed by atoms with Crippen molar-refractivity contribution in [2.45, 2.75) is 6.54 Å². The number of rotatable bonds is 5. The van der Waals surface area contributed by atoms with E-state index >= 15 is 0 Å². The quantitative estimate of drug-likeness (QED) is 0.756. The first-order chi connectivity index (χ1) is 11.1. The first kappa shape index (κ1) is 15.2. The highest BCUT2D eigenvalue weighted by atomic mass is 32.1. The van der Waals surface area contributed by atoms with Gasteiger partial charge in [-0.05, 0) is 23.6 Å². The van der Waals surface area contributed by atoms with Crippen LogP contribution >= 0.6 is 11.3 Å². The second kappa shape index (κ2) is 6.62. The minimum atomic E-state index is -0.0371. The lowest BCUT2D eigenvalue weighted by Gasteiger charge is -2.14. The molecule has 0 aliphatic carbocycles. The van der Waals surface area contributed by atoms with Gasteiger partial charge in [-0.15, -0.1) is 11.3 Å². The van der Waals surface area contributed by atoms with Crippen LogP contribution < -0.4 is 5.32 Å². The molecule has 3 aromatic rings. The van der Waals surface area contributed by atoms with Gasteiger partial charge in [-0.25, -0.2) is 4.98 Å². The van der Waals surface area contributed by atoms with Gasteiger partial charge in [0.1, 0.15) is 5.82 Å². The zero-order chi connectivity index (χ0) is 16.2. The van der Waals surface area contributed by atoms with Crippen molar-refractivity contribution in [2.75, 3.05) is 19.4 Å².